The van der Waals surface area contributed by atoms with Crippen LogP contribution >= 0.6 is 0 Å². The van der Waals surface area contributed by atoms with E-state index in [0.29, 0.717) is 0 Å². The highest BCUT2D eigenvalue weighted by Gasteiger charge is 2.53. The minimum absolute atomic E-state index is 0.622. The second kappa shape index (κ2) is 16.0. The molecule has 3 nitrogen and oxygen atoms in total. The minimum Gasteiger partial charge on any atom is -0.310 e. The van der Waals surface area contributed by atoms with E-state index < -0.39 is 5.41 Å². The number of nitrogens with zero attached hydrogens (tertiary/aromatic N) is 3. The molecule has 328 valence electrons. The third kappa shape index (κ3) is 5.88. The Morgan fingerprint density at radius 1 is 0.286 bits per heavy atom. The third-order valence-electron chi connectivity index (χ3n) is 14.8. The average Bonchev–Trinajstić information content (AvgIpc) is 4.04. The molecule has 1 spiro atoms. The highest BCUT2D eigenvalue weighted by atomic mass is 15.2. The lowest BCUT2D eigenvalue weighted by Gasteiger charge is -2.36. The van der Waals surface area contributed by atoms with Crippen LogP contribution in [0.3, 0.4) is 0 Å². The van der Waals surface area contributed by atoms with Crippen LogP contribution in [0.4, 0.5) is 34.1 Å². The Hall–Kier alpha value is -9.18. The van der Waals surface area contributed by atoms with E-state index in [9.17, 15) is 0 Å². The summed E-state index contributed by atoms with van der Waals surface area (Å²) in [6, 6.07) is 100. The van der Waals surface area contributed by atoms with Crippen molar-refractivity contribution in [3.05, 3.63) is 295 Å². The second-order valence-corrected chi connectivity index (χ2v) is 18.4. The molecule has 2 aliphatic rings. The van der Waals surface area contributed by atoms with Gasteiger partial charge in [0.2, 0.25) is 0 Å². The lowest BCUT2D eigenvalue weighted by atomic mass is 9.70. The lowest BCUT2D eigenvalue weighted by molar-refractivity contribution is 0.793. The number of hydrogen-bond donors (Lipinski definition) is 0. The van der Waals surface area contributed by atoms with Gasteiger partial charge in [-0.25, -0.2) is 0 Å². The van der Waals surface area contributed by atoms with Gasteiger partial charge in [-0.1, -0.05) is 194 Å². The smallest absolute Gasteiger partial charge is 0.0746 e. The summed E-state index contributed by atoms with van der Waals surface area (Å²) in [4.78, 5) is 4.94. The number of anilines is 6. The van der Waals surface area contributed by atoms with Crippen LogP contribution in [0.2, 0.25) is 0 Å². The van der Waals surface area contributed by atoms with Gasteiger partial charge in [0.15, 0.2) is 0 Å². The Labute approximate surface area is 408 Å². The molecule has 0 bridgehead atoms. The molecule has 0 aliphatic heterocycles. The Morgan fingerprint density at radius 2 is 0.771 bits per heavy atom. The summed E-state index contributed by atoms with van der Waals surface area (Å²) >= 11 is 0. The maximum atomic E-state index is 2.51. The van der Waals surface area contributed by atoms with E-state index in [1.807, 2.05) is 0 Å². The molecular formula is C67H45N3. The molecule has 1 aromatic heterocycles. The van der Waals surface area contributed by atoms with E-state index in [-0.39, 0.29) is 0 Å². The van der Waals surface area contributed by atoms with E-state index >= 15 is 0 Å². The lowest BCUT2D eigenvalue weighted by Crippen LogP contribution is -2.28. The van der Waals surface area contributed by atoms with Crippen LogP contribution < -0.4 is 9.80 Å². The quantitative estimate of drug-likeness (QED) is 0.151. The van der Waals surface area contributed by atoms with E-state index in [2.05, 4.69) is 287 Å². The standard InChI is InChI=1S/C67H45N3/c1-5-22-46(23-6-1)52-30-15-19-37-62(52)68(47-24-7-2-8-25-47)50-41-43-61-58(44-50)54-32-14-18-36-60(54)67(61)59-35-17-13-31-53(59)57-34-21-39-64(66(57)67)69(48-26-9-3-10-27-48)51-40-42-56-55-33-16-20-38-63(55)70(65(56)45-51)49-28-11-4-12-29-49/h1-45H. The topological polar surface area (TPSA) is 11.4 Å². The van der Waals surface area contributed by atoms with Gasteiger partial charge in [0.25, 0.3) is 0 Å². The van der Waals surface area contributed by atoms with Crippen LogP contribution in [-0.2, 0) is 5.41 Å². The van der Waals surface area contributed by atoms with Gasteiger partial charge in [-0.05, 0) is 123 Å². The molecule has 1 atom stereocenters. The van der Waals surface area contributed by atoms with Crippen molar-refractivity contribution in [2.75, 3.05) is 9.80 Å². The summed E-state index contributed by atoms with van der Waals surface area (Å²) in [6.07, 6.45) is 0. The first kappa shape index (κ1) is 39.9. The van der Waals surface area contributed by atoms with Crippen molar-refractivity contribution in [1.29, 1.82) is 0 Å². The van der Waals surface area contributed by atoms with Crippen molar-refractivity contribution in [1.82, 2.24) is 4.57 Å². The highest BCUT2D eigenvalue weighted by molar-refractivity contribution is 6.11. The molecule has 1 unspecified atom stereocenters. The van der Waals surface area contributed by atoms with Gasteiger partial charge < -0.3 is 14.4 Å². The van der Waals surface area contributed by atoms with Crippen LogP contribution in [0.15, 0.2) is 273 Å². The molecule has 11 aromatic carbocycles. The molecule has 0 saturated heterocycles. The summed E-state index contributed by atoms with van der Waals surface area (Å²) in [6.45, 7) is 0. The monoisotopic (exact) mass is 891 g/mol. The van der Waals surface area contributed by atoms with E-state index in [1.54, 1.807) is 0 Å². The largest absolute Gasteiger partial charge is 0.310 e. The van der Waals surface area contributed by atoms with E-state index in [4.69, 9.17) is 0 Å². The Bertz CT molecular complexity index is 3950. The van der Waals surface area contributed by atoms with Gasteiger partial charge in [-0.3, -0.25) is 0 Å². The van der Waals surface area contributed by atoms with E-state index in [1.165, 1.54) is 71.9 Å². The zero-order valence-corrected chi connectivity index (χ0v) is 38.3. The SMILES string of the molecule is c1ccc(-c2ccccc2N(c2ccccc2)c2ccc3c(c2)-c2ccccc2C32c3ccccc3-c3cccc(N(c4ccccc4)c4ccc5c6ccccc6n(-c6ccccc6)c5c4)c32)cc1. The summed E-state index contributed by atoms with van der Waals surface area (Å²) < 4.78 is 2.42. The molecular weight excluding hydrogens is 847 g/mol. The van der Waals surface area contributed by atoms with Gasteiger partial charge in [-0.2, -0.15) is 0 Å². The first-order valence-corrected chi connectivity index (χ1v) is 24.2. The third-order valence-corrected chi connectivity index (χ3v) is 14.8. The molecule has 1 heterocycles. The highest BCUT2D eigenvalue weighted by Crippen LogP contribution is 2.66. The van der Waals surface area contributed by atoms with Crippen LogP contribution in [-0.4, -0.2) is 4.57 Å². The van der Waals surface area contributed by atoms with Gasteiger partial charge in [0.05, 0.1) is 27.8 Å². The molecule has 0 amide bonds. The normalized spacial score (nSPS) is 14.1. The van der Waals surface area contributed by atoms with Gasteiger partial charge in [0.1, 0.15) is 0 Å². The fourth-order valence-electron chi connectivity index (χ4n) is 12.0. The fraction of sp³-hybridized carbons (Fsp3) is 0.0149. The molecule has 0 radical (unpaired) electrons. The van der Waals surface area contributed by atoms with Crippen LogP contribution in [0.1, 0.15) is 22.3 Å². The molecule has 0 saturated carbocycles. The maximum absolute atomic E-state index is 2.51. The van der Waals surface area contributed by atoms with Crippen molar-refractivity contribution in [2.24, 2.45) is 0 Å². The zero-order chi connectivity index (χ0) is 46.2. The number of hydrogen-bond acceptors (Lipinski definition) is 2. The molecule has 12 aromatic rings. The van der Waals surface area contributed by atoms with Crippen molar-refractivity contribution in [2.45, 2.75) is 5.41 Å². The van der Waals surface area contributed by atoms with Crippen LogP contribution in [0, 0.1) is 0 Å². The molecule has 2 aliphatic carbocycles. The molecule has 70 heavy (non-hydrogen) atoms. The van der Waals surface area contributed by atoms with Crippen LogP contribution in [0.5, 0.6) is 0 Å². The molecule has 3 heteroatoms. The van der Waals surface area contributed by atoms with Crippen LogP contribution in [0.25, 0.3) is 60.9 Å². The number of fused-ring (bicyclic) bond motifs is 13. The van der Waals surface area contributed by atoms with Crippen molar-refractivity contribution >= 4 is 55.9 Å². The van der Waals surface area contributed by atoms with Gasteiger partial charge >= 0.3 is 0 Å². The van der Waals surface area contributed by atoms with Gasteiger partial charge in [0, 0.05) is 50.3 Å². The molecule has 0 fully saturated rings. The Kier molecular flexibility index (Phi) is 9.11. The number of para-hydroxylation sites is 5. The predicted octanol–water partition coefficient (Wildman–Crippen LogP) is 17.7. The maximum Gasteiger partial charge on any atom is 0.0746 e. The van der Waals surface area contributed by atoms with Crippen molar-refractivity contribution in [3.63, 3.8) is 0 Å². The first-order chi connectivity index (χ1) is 34.8. The minimum atomic E-state index is -0.622. The second-order valence-electron chi connectivity index (χ2n) is 18.4. The number of benzene rings is 11. The predicted molar refractivity (Wildman–Crippen MR) is 292 cm³/mol. The summed E-state index contributed by atoms with van der Waals surface area (Å²) in [7, 11) is 0. The fourth-order valence-corrected chi connectivity index (χ4v) is 12.0. The number of aromatic nitrogens is 1. The zero-order valence-electron chi connectivity index (χ0n) is 38.3. The van der Waals surface area contributed by atoms with Crippen molar-refractivity contribution < 1.29 is 0 Å². The van der Waals surface area contributed by atoms with E-state index in [0.717, 1.165) is 45.3 Å². The van der Waals surface area contributed by atoms with Gasteiger partial charge in [-0.15, -0.1) is 0 Å². The molecule has 14 rings (SSSR count). The molecule has 0 N–H and O–H groups in total. The average molecular weight is 892 g/mol. The number of rotatable bonds is 8. The summed E-state index contributed by atoms with van der Waals surface area (Å²) in [5.41, 5.74) is 22.1. The first-order valence-electron chi connectivity index (χ1n) is 24.2. The summed E-state index contributed by atoms with van der Waals surface area (Å²) in [5, 5.41) is 2.46. The Balaban J connectivity index is 1.03. The van der Waals surface area contributed by atoms with Crippen molar-refractivity contribution in [3.8, 4) is 39.1 Å². The summed E-state index contributed by atoms with van der Waals surface area (Å²) in [5.74, 6) is 0. The Morgan fingerprint density at radius 3 is 1.49 bits per heavy atom.